The zero-order valence-electron chi connectivity index (χ0n) is 9.29. The lowest BCUT2D eigenvalue weighted by atomic mass is 9.94. The van der Waals surface area contributed by atoms with Crippen molar-refractivity contribution in [2.45, 2.75) is 25.8 Å². The molecule has 0 saturated carbocycles. The maximum atomic E-state index is 11.2. The summed E-state index contributed by atoms with van der Waals surface area (Å²) in [5, 5.41) is 2.58. The number of nitrogens with one attached hydrogen (secondary N) is 1. The Morgan fingerprint density at radius 2 is 2.29 bits per heavy atom. The average Bonchev–Trinajstić information content (AvgIpc) is 2.12. The lowest BCUT2D eigenvalue weighted by Crippen LogP contribution is -2.41. The van der Waals surface area contributed by atoms with Crippen LogP contribution in [0.4, 0.5) is 0 Å². The monoisotopic (exact) mass is 194 g/mol. The van der Waals surface area contributed by atoms with Crippen molar-refractivity contribution in [2.75, 3.05) is 14.1 Å². The SMILES string of the molecule is CNC(=O)/C=C1\C=CCC(C)(C)N1C. The second-order valence-corrected chi connectivity index (χ2v) is 4.16. The van der Waals surface area contributed by atoms with Crippen LogP contribution >= 0.6 is 0 Å². The lowest BCUT2D eigenvalue weighted by molar-refractivity contribution is -0.116. The largest absolute Gasteiger partial charge is 0.369 e. The van der Waals surface area contributed by atoms with E-state index in [1.165, 1.54) is 0 Å². The smallest absolute Gasteiger partial charge is 0.245 e. The second kappa shape index (κ2) is 3.86. The van der Waals surface area contributed by atoms with Crippen LogP contribution in [0, 0.1) is 0 Å². The Hall–Kier alpha value is -1.25. The summed E-state index contributed by atoms with van der Waals surface area (Å²) in [5.41, 5.74) is 1.05. The zero-order chi connectivity index (χ0) is 10.8. The van der Waals surface area contributed by atoms with Crippen LogP contribution in [0.15, 0.2) is 23.9 Å². The molecule has 1 heterocycles. The summed E-state index contributed by atoms with van der Waals surface area (Å²) in [6.45, 7) is 4.32. The summed E-state index contributed by atoms with van der Waals surface area (Å²) in [6, 6.07) is 0. The normalized spacial score (nSPS) is 22.6. The molecule has 1 amide bonds. The molecule has 0 atom stereocenters. The highest BCUT2D eigenvalue weighted by Crippen LogP contribution is 2.27. The first-order valence-electron chi connectivity index (χ1n) is 4.81. The molecule has 1 aliphatic heterocycles. The molecule has 0 aromatic heterocycles. The third-order valence-electron chi connectivity index (χ3n) is 2.73. The van der Waals surface area contributed by atoms with Crippen molar-refractivity contribution in [1.29, 1.82) is 0 Å². The van der Waals surface area contributed by atoms with E-state index in [1.807, 2.05) is 13.1 Å². The number of rotatable bonds is 1. The number of nitrogens with zero attached hydrogens (tertiary/aromatic N) is 1. The van der Waals surface area contributed by atoms with Gasteiger partial charge in [-0.15, -0.1) is 0 Å². The summed E-state index contributed by atoms with van der Waals surface area (Å²) in [6.07, 6.45) is 6.72. The van der Waals surface area contributed by atoms with Gasteiger partial charge < -0.3 is 10.2 Å². The highest BCUT2D eigenvalue weighted by Gasteiger charge is 2.26. The standard InChI is InChI=1S/C11H18N2O/c1-11(2)7-5-6-9(13(11)4)8-10(14)12-3/h5-6,8H,7H2,1-4H3,(H,12,14)/b9-8+. The average molecular weight is 194 g/mol. The first-order chi connectivity index (χ1) is 6.47. The number of allylic oxidation sites excluding steroid dienone is 1. The van der Waals surface area contributed by atoms with E-state index in [9.17, 15) is 4.79 Å². The topological polar surface area (TPSA) is 32.3 Å². The number of amides is 1. The van der Waals surface area contributed by atoms with Gasteiger partial charge in [-0.25, -0.2) is 0 Å². The summed E-state index contributed by atoms with van der Waals surface area (Å²) in [4.78, 5) is 13.3. The first-order valence-corrected chi connectivity index (χ1v) is 4.81. The van der Waals surface area contributed by atoms with Crippen molar-refractivity contribution >= 4 is 5.91 Å². The van der Waals surface area contributed by atoms with Gasteiger partial charge in [0.15, 0.2) is 0 Å². The third kappa shape index (κ3) is 2.16. The molecule has 0 spiro atoms. The van der Waals surface area contributed by atoms with Crippen molar-refractivity contribution in [3.8, 4) is 0 Å². The molecule has 1 N–H and O–H groups in total. The minimum absolute atomic E-state index is 0.0609. The molecule has 1 rings (SSSR count). The zero-order valence-corrected chi connectivity index (χ0v) is 9.29. The van der Waals surface area contributed by atoms with Crippen LogP contribution in [0.25, 0.3) is 0 Å². The lowest BCUT2D eigenvalue weighted by Gasteiger charge is -2.40. The quantitative estimate of drug-likeness (QED) is 0.638. The molecule has 1 aliphatic rings. The second-order valence-electron chi connectivity index (χ2n) is 4.16. The number of likely N-dealkylation sites (N-methyl/N-ethyl adjacent to an activating group) is 2. The van der Waals surface area contributed by atoms with Gasteiger partial charge in [0.25, 0.3) is 0 Å². The van der Waals surface area contributed by atoms with E-state index in [2.05, 4.69) is 30.1 Å². The molecule has 14 heavy (non-hydrogen) atoms. The summed E-state index contributed by atoms with van der Waals surface area (Å²) in [5.74, 6) is -0.0609. The van der Waals surface area contributed by atoms with Gasteiger partial charge in [0.1, 0.15) is 0 Å². The first kappa shape index (κ1) is 10.8. The van der Waals surface area contributed by atoms with E-state index in [1.54, 1.807) is 13.1 Å². The van der Waals surface area contributed by atoms with Crippen LogP contribution in [0.5, 0.6) is 0 Å². The van der Waals surface area contributed by atoms with E-state index in [0.29, 0.717) is 0 Å². The minimum atomic E-state index is -0.0609. The molecule has 3 nitrogen and oxygen atoms in total. The third-order valence-corrected chi connectivity index (χ3v) is 2.73. The van der Waals surface area contributed by atoms with Crippen molar-refractivity contribution in [2.24, 2.45) is 0 Å². The highest BCUT2D eigenvalue weighted by molar-refractivity contribution is 5.88. The van der Waals surface area contributed by atoms with Crippen LogP contribution in [-0.2, 0) is 4.79 Å². The van der Waals surface area contributed by atoms with Crippen molar-refractivity contribution < 1.29 is 4.79 Å². The van der Waals surface area contributed by atoms with Crippen LogP contribution in [0.3, 0.4) is 0 Å². The van der Waals surface area contributed by atoms with E-state index in [-0.39, 0.29) is 11.4 Å². The molecule has 0 radical (unpaired) electrons. The van der Waals surface area contributed by atoms with E-state index >= 15 is 0 Å². The van der Waals surface area contributed by atoms with Crippen LogP contribution in [-0.4, -0.2) is 30.4 Å². The van der Waals surface area contributed by atoms with Crippen LogP contribution in [0.1, 0.15) is 20.3 Å². The highest BCUT2D eigenvalue weighted by atomic mass is 16.1. The van der Waals surface area contributed by atoms with Gasteiger partial charge in [-0.3, -0.25) is 4.79 Å². The van der Waals surface area contributed by atoms with E-state index in [4.69, 9.17) is 0 Å². The molecular formula is C11H18N2O. The Bertz CT molecular complexity index is 290. The summed E-state index contributed by atoms with van der Waals surface area (Å²) >= 11 is 0. The maximum absolute atomic E-state index is 11.2. The van der Waals surface area contributed by atoms with Crippen molar-refractivity contribution in [3.05, 3.63) is 23.9 Å². The predicted octanol–water partition coefficient (Wildman–Crippen LogP) is 1.29. The molecule has 0 aromatic carbocycles. The van der Waals surface area contributed by atoms with Gasteiger partial charge >= 0.3 is 0 Å². The fraction of sp³-hybridized carbons (Fsp3) is 0.545. The molecule has 0 unspecified atom stereocenters. The number of carbonyl (C=O) groups is 1. The predicted molar refractivity (Wildman–Crippen MR) is 57.7 cm³/mol. The van der Waals surface area contributed by atoms with Gasteiger partial charge in [-0.05, 0) is 26.3 Å². The summed E-state index contributed by atoms with van der Waals surface area (Å²) in [7, 11) is 3.65. The van der Waals surface area contributed by atoms with E-state index in [0.717, 1.165) is 12.1 Å². The van der Waals surface area contributed by atoms with Gasteiger partial charge in [-0.1, -0.05) is 6.08 Å². The Balaban J connectivity index is 2.90. The summed E-state index contributed by atoms with van der Waals surface area (Å²) < 4.78 is 0. The van der Waals surface area contributed by atoms with Crippen molar-refractivity contribution in [1.82, 2.24) is 10.2 Å². The van der Waals surface area contributed by atoms with Gasteiger partial charge in [0.2, 0.25) is 5.91 Å². The Morgan fingerprint density at radius 1 is 1.64 bits per heavy atom. The van der Waals surface area contributed by atoms with Gasteiger partial charge in [0, 0.05) is 31.4 Å². The Morgan fingerprint density at radius 3 is 2.86 bits per heavy atom. The van der Waals surface area contributed by atoms with Gasteiger partial charge in [-0.2, -0.15) is 0 Å². The molecule has 0 aliphatic carbocycles. The maximum Gasteiger partial charge on any atom is 0.245 e. The molecule has 0 aromatic rings. The molecule has 78 valence electrons. The molecular weight excluding hydrogens is 176 g/mol. The van der Waals surface area contributed by atoms with Crippen molar-refractivity contribution in [3.63, 3.8) is 0 Å². The number of hydrogen-bond acceptors (Lipinski definition) is 2. The molecule has 0 saturated heterocycles. The molecule has 0 bridgehead atoms. The fourth-order valence-electron chi connectivity index (χ4n) is 1.42. The minimum Gasteiger partial charge on any atom is -0.369 e. The molecule has 0 fully saturated rings. The van der Waals surface area contributed by atoms with E-state index < -0.39 is 0 Å². The Labute approximate surface area is 85.5 Å². The fourth-order valence-corrected chi connectivity index (χ4v) is 1.42. The number of carbonyl (C=O) groups excluding carboxylic acids is 1. The Kier molecular flexibility index (Phi) is 2.99. The number of hydrogen-bond donors (Lipinski definition) is 1. The van der Waals surface area contributed by atoms with Crippen LogP contribution < -0.4 is 5.32 Å². The van der Waals surface area contributed by atoms with Gasteiger partial charge in [0.05, 0.1) is 0 Å². The van der Waals surface area contributed by atoms with Crippen LogP contribution in [0.2, 0.25) is 0 Å². The molecule has 3 heteroatoms.